The van der Waals surface area contributed by atoms with E-state index in [0.29, 0.717) is 11.1 Å². The lowest BCUT2D eigenvalue weighted by Crippen LogP contribution is -2.55. The highest BCUT2D eigenvalue weighted by Gasteiger charge is 2.31. The number of nitrogens with zero attached hydrogens (tertiary/aromatic N) is 5. The fourth-order valence-corrected chi connectivity index (χ4v) is 3.21. The lowest BCUT2D eigenvalue weighted by molar-refractivity contribution is -0.123. The molecular formula is C12H15BrN6O. The number of carbonyl (C=O) groups is 1. The molecule has 1 aliphatic heterocycles. The Bertz CT molecular complexity index is 669. The summed E-state index contributed by atoms with van der Waals surface area (Å²) in [6, 6.07) is -0.200. The summed E-state index contributed by atoms with van der Waals surface area (Å²) in [6.07, 6.45) is 2.25. The number of hydrogen-bond donors (Lipinski definition) is 1. The van der Waals surface area contributed by atoms with Crippen molar-refractivity contribution in [3.8, 4) is 0 Å². The second-order valence-corrected chi connectivity index (χ2v) is 5.47. The van der Waals surface area contributed by atoms with Crippen molar-refractivity contribution in [1.82, 2.24) is 25.1 Å². The molecule has 1 fully saturated rings. The number of nitrogens with one attached hydrogen (secondary N) is 1. The van der Waals surface area contributed by atoms with Crippen LogP contribution in [0.3, 0.4) is 0 Å². The molecule has 0 unspecified atom stereocenters. The molecule has 0 bridgehead atoms. The van der Waals surface area contributed by atoms with Crippen LogP contribution in [0, 0.1) is 0 Å². The van der Waals surface area contributed by atoms with Crippen LogP contribution in [0.25, 0.3) is 11.0 Å². The lowest BCUT2D eigenvalue weighted by Gasteiger charge is -2.35. The van der Waals surface area contributed by atoms with Gasteiger partial charge in [0, 0.05) is 20.1 Å². The molecule has 0 saturated carbocycles. The number of fused-ring (bicyclic) bond motifs is 1. The van der Waals surface area contributed by atoms with Crippen LogP contribution < -0.4 is 10.2 Å². The summed E-state index contributed by atoms with van der Waals surface area (Å²) >= 11 is 3.45. The number of anilines is 1. The van der Waals surface area contributed by atoms with Gasteiger partial charge in [0.25, 0.3) is 0 Å². The molecule has 3 rings (SSSR count). The van der Waals surface area contributed by atoms with Crippen LogP contribution in [-0.4, -0.2) is 44.8 Å². The van der Waals surface area contributed by atoms with Crippen LogP contribution in [0.5, 0.6) is 0 Å². The summed E-state index contributed by atoms with van der Waals surface area (Å²) in [5, 5.41) is 8.06. The standard InChI is InChI=1S/C12H15BrN6O/c1-3-7-12(20)14-4-5-19(7)11-8-9(13)17-18(2)10(8)15-6-16-11/h6-7H,3-5H2,1-2H3,(H,14,20)/t7-/m1/s1. The molecule has 0 spiro atoms. The van der Waals surface area contributed by atoms with Crippen molar-refractivity contribution in [3.05, 3.63) is 10.9 Å². The molecule has 8 heteroatoms. The van der Waals surface area contributed by atoms with Gasteiger partial charge >= 0.3 is 0 Å². The second-order valence-electron chi connectivity index (χ2n) is 4.72. The fourth-order valence-electron chi connectivity index (χ4n) is 2.62. The maximum Gasteiger partial charge on any atom is 0.242 e. The third-order valence-electron chi connectivity index (χ3n) is 3.55. The summed E-state index contributed by atoms with van der Waals surface area (Å²) in [4.78, 5) is 22.7. The van der Waals surface area contributed by atoms with Gasteiger partial charge < -0.3 is 10.2 Å². The highest BCUT2D eigenvalue weighted by Crippen LogP contribution is 2.31. The number of piperazine rings is 1. The molecule has 3 heterocycles. The van der Waals surface area contributed by atoms with Gasteiger partial charge in [-0.15, -0.1) is 0 Å². The van der Waals surface area contributed by atoms with E-state index in [2.05, 4.69) is 36.3 Å². The minimum absolute atomic E-state index is 0.0468. The molecule has 1 amide bonds. The van der Waals surface area contributed by atoms with E-state index in [1.54, 1.807) is 4.68 Å². The molecule has 1 N–H and O–H groups in total. The van der Waals surface area contributed by atoms with E-state index in [1.165, 1.54) is 6.33 Å². The van der Waals surface area contributed by atoms with E-state index >= 15 is 0 Å². The minimum atomic E-state index is -0.200. The van der Waals surface area contributed by atoms with Crippen molar-refractivity contribution < 1.29 is 4.79 Å². The van der Waals surface area contributed by atoms with Crippen LogP contribution >= 0.6 is 15.9 Å². The first-order chi connectivity index (χ1) is 9.63. The highest BCUT2D eigenvalue weighted by molar-refractivity contribution is 9.10. The van der Waals surface area contributed by atoms with Gasteiger partial charge in [-0.3, -0.25) is 4.79 Å². The monoisotopic (exact) mass is 338 g/mol. The second kappa shape index (κ2) is 5.01. The van der Waals surface area contributed by atoms with Gasteiger partial charge in [-0.2, -0.15) is 5.10 Å². The molecule has 20 heavy (non-hydrogen) atoms. The Morgan fingerprint density at radius 2 is 2.30 bits per heavy atom. The summed E-state index contributed by atoms with van der Waals surface area (Å²) in [6.45, 7) is 3.36. The average Bonchev–Trinajstić information content (AvgIpc) is 2.74. The number of hydrogen-bond acceptors (Lipinski definition) is 5. The molecule has 0 radical (unpaired) electrons. The molecule has 1 saturated heterocycles. The minimum Gasteiger partial charge on any atom is -0.353 e. The zero-order chi connectivity index (χ0) is 14.3. The zero-order valence-electron chi connectivity index (χ0n) is 11.3. The maximum atomic E-state index is 12.0. The Morgan fingerprint density at radius 3 is 3.05 bits per heavy atom. The summed E-state index contributed by atoms with van der Waals surface area (Å²) < 4.78 is 2.40. The predicted molar refractivity (Wildman–Crippen MR) is 78.4 cm³/mol. The largest absolute Gasteiger partial charge is 0.353 e. The van der Waals surface area contributed by atoms with Gasteiger partial charge in [0.15, 0.2) is 5.65 Å². The number of rotatable bonds is 2. The van der Waals surface area contributed by atoms with E-state index in [4.69, 9.17) is 0 Å². The van der Waals surface area contributed by atoms with E-state index in [0.717, 1.165) is 29.8 Å². The topological polar surface area (TPSA) is 75.9 Å². The molecule has 0 aromatic carbocycles. The first kappa shape index (κ1) is 13.3. The van der Waals surface area contributed by atoms with Crippen molar-refractivity contribution in [2.45, 2.75) is 19.4 Å². The van der Waals surface area contributed by atoms with Crippen LogP contribution in [-0.2, 0) is 11.8 Å². The summed E-state index contributed by atoms with van der Waals surface area (Å²) in [7, 11) is 1.84. The predicted octanol–water partition coefficient (Wildman–Crippen LogP) is 0.841. The van der Waals surface area contributed by atoms with Crippen molar-refractivity contribution >= 4 is 38.7 Å². The molecule has 0 aliphatic carbocycles. The maximum absolute atomic E-state index is 12.0. The molecule has 1 aliphatic rings. The third-order valence-corrected chi connectivity index (χ3v) is 4.10. The van der Waals surface area contributed by atoms with Crippen molar-refractivity contribution in [3.63, 3.8) is 0 Å². The molecule has 2 aromatic rings. The summed E-state index contributed by atoms with van der Waals surface area (Å²) in [5.74, 6) is 0.808. The van der Waals surface area contributed by atoms with E-state index in [1.807, 2.05) is 18.9 Å². The van der Waals surface area contributed by atoms with Crippen LogP contribution in [0.4, 0.5) is 5.82 Å². The van der Waals surface area contributed by atoms with E-state index in [-0.39, 0.29) is 11.9 Å². The molecule has 2 aromatic heterocycles. The van der Waals surface area contributed by atoms with Crippen LogP contribution in [0.2, 0.25) is 0 Å². The van der Waals surface area contributed by atoms with Gasteiger partial charge in [-0.05, 0) is 22.4 Å². The van der Waals surface area contributed by atoms with Gasteiger partial charge in [-0.25, -0.2) is 14.6 Å². The Labute approximate surface area is 124 Å². The van der Waals surface area contributed by atoms with Crippen molar-refractivity contribution in [2.24, 2.45) is 7.05 Å². The Hall–Kier alpha value is -1.70. The summed E-state index contributed by atoms with van der Waals surface area (Å²) in [5.41, 5.74) is 0.753. The number of aromatic nitrogens is 4. The SMILES string of the molecule is CC[C@@H]1C(=O)NCCN1c1ncnc2c1c(Br)nn2C. The van der Waals surface area contributed by atoms with Gasteiger partial charge in [0.1, 0.15) is 22.8 Å². The Kier molecular flexibility index (Phi) is 3.33. The molecular weight excluding hydrogens is 324 g/mol. The normalized spacial score (nSPS) is 19.4. The van der Waals surface area contributed by atoms with Crippen molar-refractivity contribution in [2.75, 3.05) is 18.0 Å². The third kappa shape index (κ3) is 1.94. The van der Waals surface area contributed by atoms with E-state index in [9.17, 15) is 4.79 Å². The first-order valence-electron chi connectivity index (χ1n) is 6.51. The van der Waals surface area contributed by atoms with Crippen LogP contribution in [0.1, 0.15) is 13.3 Å². The van der Waals surface area contributed by atoms with Crippen molar-refractivity contribution in [1.29, 1.82) is 0 Å². The van der Waals surface area contributed by atoms with Gasteiger partial charge in [0.05, 0.1) is 5.39 Å². The number of aryl methyl sites for hydroxylation is 1. The van der Waals surface area contributed by atoms with Gasteiger partial charge in [0.2, 0.25) is 5.91 Å². The highest BCUT2D eigenvalue weighted by atomic mass is 79.9. The smallest absolute Gasteiger partial charge is 0.242 e. The molecule has 106 valence electrons. The number of halogens is 1. The number of carbonyl (C=O) groups excluding carboxylic acids is 1. The van der Waals surface area contributed by atoms with Crippen LogP contribution in [0.15, 0.2) is 10.9 Å². The zero-order valence-corrected chi connectivity index (χ0v) is 12.9. The first-order valence-corrected chi connectivity index (χ1v) is 7.30. The number of amides is 1. The Balaban J connectivity index is 2.16. The molecule has 1 atom stereocenters. The lowest BCUT2D eigenvalue weighted by atomic mass is 10.1. The van der Waals surface area contributed by atoms with E-state index < -0.39 is 0 Å². The molecule has 7 nitrogen and oxygen atoms in total. The average molecular weight is 339 g/mol. The van der Waals surface area contributed by atoms with Gasteiger partial charge in [-0.1, -0.05) is 6.92 Å². The quantitative estimate of drug-likeness (QED) is 0.878. The Morgan fingerprint density at radius 1 is 1.50 bits per heavy atom. The fraction of sp³-hybridized carbons (Fsp3) is 0.500.